The summed E-state index contributed by atoms with van der Waals surface area (Å²) in [6.45, 7) is 1.50. The number of aliphatic carboxylic acids is 1. The van der Waals surface area contributed by atoms with Crippen LogP contribution < -0.4 is 5.32 Å². The van der Waals surface area contributed by atoms with E-state index < -0.39 is 17.4 Å². The van der Waals surface area contributed by atoms with Gasteiger partial charge in [-0.3, -0.25) is 9.78 Å². The molecule has 3 N–H and O–H groups in total. The molecule has 2 aromatic heterocycles. The summed E-state index contributed by atoms with van der Waals surface area (Å²) in [5.74, 6) is -1.55. The van der Waals surface area contributed by atoms with E-state index in [9.17, 15) is 14.7 Å². The monoisotopic (exact) mass is 323 g/mol. The summed E-state index contributed by atoms with van der Waals surface area (Å²) in [5, 5.41) is 13.0. The van der Waals surface area contributed by atoms with Crippen molar-refractivity contribution in [2.24, 2.45) is 0 Å². The lowest BCUT2D eigenvalue weighted by atomic mass is 9.92. The Balaban J connectivity index is 1.89. The lowest BCUT2D eigenvalue weighted by Crippen LogP contribution is -2.53. The Labute approximate surface area is 138 Å². The van der Waals surface area contributed by atoms with Gasteiger partial charge in [0.1, 0.15) is 5.54 Å². The summed E-state index contributed by atoms with van der Waals surface area (Å²) in [4.78, 5) is 31.4. The molecule has 122 valence electrons. The van der Waals surface area contributed by atoms with Gasteiger partial charge in [0, 0.05) is 24.2 Å². The zero-order valence-electron chi connectivity index (χ0n) is 13.1. The molecule has 0 saturated heterocycles. The van der Waals surface area contributed by atoms with Gasteiger partial charge in [0.15, 0.2) is 0 Å². The number of aromatic nitrogens is 2. The highest BCUT2D eigenvalue weighted by Gasteiger charge is 2.35. The third kappa shape index (κ3) is 2.99. The van der Waals surface area contributed by atoms with Crippen molar-refractivity contribution in [2.75, 3.05) is 0 Å². The maximum Gasteiger partial charge on any atom is 0.329 e. The Bertz CT molecular complexity index is 889. The number of rotatable bonds is 5. The molecule has 3 aromatic rings. The van der Waals surface area contributed by atoms with Crippen LogP contribution in [0.2, 0.25) is 0 Å². The minimum Gasteiger partial charge on any atom is -0.480 e. The van der Waals surface area contributed by atoms with Gasteiger partial charge in [-0.1, -0.05) is 30.3 Å². The molecule has 1 unspecified atom stereocenters. The number of benzene rings is 1. The van der Waals surface area contributed by atoms with Crippen LogP contribution in [0.1, 0.15) is 22.8 Å². The van der Waals surface area contributed by atoms with Crippen LogP contribution in [-0.2, 0) is 11.2 Å². The number of pyridine rings is 1. The molecule has 1 atom stereocenters. The Morgan fingerprint density at radius 3 is 2.67 bits per heavy atom. The fraction of sp³-hybridized carbons (Fsp3) is 0.167. The highest BCUT2D eigenvalue weighted by atomic mass is 16.4. The number of hydrogen-bond donors (Lipinski definition) is 3. The van der Waals surface area contributed by atoms with E-state index in [1.807, 2.05) is 30.3 Å². The number of amides is 1. The Kier molecular flexibility index (Phi) is 4.04. The summed E-state index contributed by atoms with van der Waals surface area (Å²) in [7, 11) is 0. The first-order valence-corrected chi connectivity index (χ1v) is 7.50. The highest BCUT2D eigenvalue weighted by molar-refractivity contribution is 6.07. The van der Waals surface area contributed by atoms with Gasteiger partial charge in [-0.05, 0) is 18.6 Å². The number of carboxylic acids is 1. The van der Waals surface area contributed by atoms with Crippen LogP contribution in [-0.4, -0.2) is 32.5 Å². The topological polar surface area (TPSA) is 95.1 Å². The lowest BCUT2D eigenvalue weighted by molar-refractivity contribution is -0.143. The molecule has 0 spiro atoms. The highest BCUT2D eigenvalue weighted by Crippen LogP contribution is 2.19. The second-order valence-corrected chi connectivity index (χ2v) is 5.88. The molecule has 6 heteroatoms. The van der Waals surface area contributed by atoms with E-state index in [0.717, 1.165) is 11.1 Å². The van der Waals surface area contributed by atoms with Crippen molar-refractivity contribution in [3.05, 3.63) is 66.1 Å². The number of H-pyrrole nitrogens is 1. The van der Waals surface area contributed by atoms with Crippen LogP contribution in [0.5, 0.6) is 0 Å². The van der Waals surface area contributed by atoms with Crippen molar-refractivity contribution in [3.8, 4) is 0 Å². The summed E-state index contributed by atoms with van der Waals surface area (Å²) < 4.78 is 0. The van der Waals surface area contributed by atoms with Crippen LogP contribution in [0.25, 0.3) is 10.9 Å². The zero-order valence-corrected chi connectivity index (χ0v) is 13.1. The minimum atomic E-state index is -1.42. The molecule has 1 aromatic carbocycles. The third-order valence-electron chi connectivity index (χ3n) is 3.98. The maximum absolute atomic E-state index is 12.6. The molecule has 24 heavy (non-hydrogen) atoms. The SMILES string of the molecule is CC(Cc1ccccc1)(NC(=O)c1cncc2[nH]ccc12)C(=O)O. The second kappa shape index (κ2) is 6.16. The third-order valence-corrected chi connectivity index (χ3v) is 3.98. The number of carboxylic acid groups (broad SMARTS) is 1. The molecule has 6 nitrogen and oxygen atoms in total. The molecule has 0 aliphatic carbocycles. The predicted molar refractivity (Wildman–Crippen MR) is 89.7 cm³/mol. The van der Waals surface area contributed by atoms with Gasteiger partial charge in [0.05, 0.1) is 17.3 Å². The number of nitrogens with zero attached hydrogens (tertiary/aromatic N) is 1. The molecular formula is C18H17N3O3. The number of nitrogens with one attached hydrogen (secondary N) is 2. The molecule has 0 saturated carbocycles. The number of hydrogen-bond acceptors (Lipinski definition) is 3. The van der Waals surface area contributed by atoms with Crippen molar-refractivity contribution in [1.29, 1.82) is 0 Å². The van der Waals surface area contributed by atoms with Gasteiger partial charge in [-0.25, -0.2) is 4.79 Å². The summed E-state index contributed by atoms with van der Waals surface area (Å²) in [6, 6.07) is 11.0. The first-order valence-electron chi connectivity index (χ1n) is 7.50. The predicted octanol–water partition coefficient (Wildman–Crippen LogP) is 2.38. The van der Waals surface area contributed by atoms with Crippen LogP contribution in [0.4, 0.5) is 0 Å². The molecule has 0 aliphatic heterocycles. The van der Waals surface area contributed by atoms with E-state index in [0.29, 0.717) is 10.9 Å². The van der Waals surface area contributed by atoms with Crippen molar-refractivity contribution in [1.82, 2.24) is 15.3 Å². The molecule has 0 aliphatic rings. The summed E-state index contributed by atoms with van der Waals surface area (Å²) in [6.07, 6.45) is 4.96. The number of carbonyl (C=O) groups excluding carboxylic acids is 1. The van der Waals surface area contributed by atoms with Gasteiger partial charge >= 0.3 is 5.97 Å². The number of fused-ring (bicyclic) bond motifs is 1. The quantitative estimate of drug-likeness (QED) is 0.672. The number of aromatic amines is 1. The van der Waals surface area contributed by atoms with Gasteiger partial charge in [-0.15, -0.1) is 0 Å². The first kappa shape index (κ1) is 15.7. The average Bonchev–Trinajstić information content (AvgIpc) is 3.04. The van der Waals surface area contributed by atoms with Crippen LogP contribution in [0, 0.1) is 0 Å². The van der Waals surface area contributed by atoms with Crippen LogP contribution >= 0.6 is 0 Å². The van der Waals surface area contributed by atoms with Crippen molar-refractivity contribution >= 4 is 22.8 Å². The van der Waals surface area contributed by atoms with Gasteiger partial charge in [0.2, 0.25) is 0 Å². The fourth-order valence-corrected chi connectivity index (χ4v) is 2.66. The Morgan fingerprint density at radius 1 is 1.21 bits per heavy atom. The first-order chi connectivity index (χ1) is 11.5. The van der Waals surface area contributed by atoms with Crippen molar-refractivity contribution in [3.63, 3.8) is 0 Å². The smallest absolute Gasteiger partial charge is 0.329 e. The van der Waals surface area contributed by atoms with E-state index in [2.05, 4.69) is 15.3 Å². The van der Waals surface area contributed by atoms with E-state index in [1.54, 1.807) is 18.5 Å². The van der Waals surface area contributed by atoms with Gasteiger partial charge in [-0.2, -0.15) is 0 Å². The van der Waals surface area contributed by atoms with Crippen molar-refractivity contribution < 1.29 is 14.7 Å². The molecule has 1 amide bonds. The molecule has 2 heterocycles. The van der Waals surface area contributed by atoms with E-state index in [4.69, 9.17) is 0 Å². The normalized spacial score (nSPS) is 13.4. The summed E-state index contributed by atoms with van der Waals surface area (Å²) in [5.41, 5.74) is 0.481. The summed E-state index contributed by atoms with van der Waals surface area (Å²) >= 11 is 0. The molecule has 0 bridgehead atoms. The number of carbonyl (C=O) groups is 2. The van der Waals surface area contributed by atoms with Crippen LogP contribution in [0.3, 0.4) is 0 Å². The zero-order chi connectivity index (χ0) is 17.2. The maximum atomic E-state index is 12.6. The molecular weight excluding hydrogens is 306 g/mol. The molecule has 0 radical (unpaired) electrons. The fourth-order valence-electron chi connectivity index (χ4n) is 2.66. The average molecular weight is 323 g/mol. The largest absolute Gasteiger partial charge is 0.480 e. The molecule has 3 rings (SSSR count). The van der Waals surface area contributed by atoms with Gasteiger partial charge in [0.25, 0.3) is 5.91 Å². The van der Waals surface area contributed by atoms with E-state index in [-0.39, 0.29) is 6.42 Å². The van der Waals surface area contributed by atoms with E-state index in [1.165, 1.54) is 13.1 Å². The van der Waals surface area contributed by atoms with E-state index >= 15 is 0 Å². The lowest BCUT2D eigenvalue weighted by Gasteiger charge is -2.26. The Hall–Kier alpha value is -3.15. The van der Waals surface area contributed by atoms with Crippen molar-refractivity contribution in [2.45, 2.75) is 18.9 Å². The Morgan fingerprint density at radius 2 is 1.96 bits per heavy atom. The standard InChI is InChI=1S/C18H17N3O3/c1-18(17(23)24,9-12-5-3-2-4-6-12)21-16(22)14-10-19-11-15-13(14)7-8-20-15/h2-8,10-11,20H,9H2,1H3,(H,21,22)(H,23,24). The second-order valence-electron chi connectivity index (χ2n) is 5.88. The minimum absolute atomic E-state index is 0.186. The van der Waals surface area contributed by atoms with Crippen LogP contribution in [0.15, 0.2) is 55.0 Å². The van der Waals surface area contributed by atoms with Gasteiger partial charge < -0.3 is 15.4 Å². The molecule has 0 fully saturated rings.